The zero-order valence-corrected chi connectivity index (χ0v) is 26.0. The maximum atomic E-state index is 16.8. The molecule has 2 aliphatic heterocycles. The fourth-order valence-corrected chi connectivity index (χ4v) is 6.91. The Kier molecular flexibility index (Phi) is 8.78. The quantitative estimate of drug-likeness (QED) is 0.213. The molecular weight excluding hydrogens is 621 g/mol. The Hall–Kier alpha value is -4.04. The first-order chi connectivity index (χ1) is 21.7. The van der Waals surface area contributed by atoms with Gasteiger partial charge in [0.15, 0.2) is 5.82 Å². The van der Waals surface area contributed by atoms with Crippen molar-refractivity contribution in [2.75, 3.05) is 44.7 Å². The first-order valence-electron chi connectivity index (χ1n) is 14.6. The highest BCUT2D eigenvalue weighted by molar-refractivity contribution is 6.38. The van der Waals surface area contributed by atoms with Gasteiger partial charge < -0.3 is 14.5 Å². The van der Waals surface area contributed by atoms with Crippen molar-refractivity contribution in [2.45, 2.75) is 31.1 Å². The highest BCUT2D eigenvalue weighted by Gasteiger charge is 2.33. The van der Waals surface area contributed by atoms with E-state index in [0.29, 0.717) is 53.2 Å². The van der Waals surface area contributed by atoms with Gasteiger partial charge in [0.1, 0.15) is 24.1 Å². The van der Waals surface area contributed by atoms with Crippen LogP contribution < -0.4 is 9.64 Å². The molecule has 3 aromatic carbocycles. The van der Waals surface area contributed by atoms with E-state index in [9.17, 15) is 14.4 Å². The molecular formula is C33H30Cl2F2N6O2. The minimum absolute atomic E-state index is 0.0111. The zero-order chi connectivity index (χ0) is 31.8. The van der Waals surface area contributed by atoms with Gasteiger partial charge in [-0.2, -0.15) is 15.2 Å². The largest absolute Gasteiger partial charge is 0.462 e. The Bertz CT molecular complexity index is 1850. The monoisotopic (exact) mass is 650 g/mol. The summed E-state index contributed by atoms with van der Waals surface area (Å²) in [5.74, 6) is -0.588. The summed E-state index contributed by atoms with van der Waals surface area (Å²) in [6, 6.07) is 14.0. The number of piperazine rings is 1. The first kappa shape index (κ1) is 31.0. The van der Waals surface area contributed by atoms with E-state index in [0.717, 1.165) is 5.39 Å². The number of hydrogen-bond acceptors (Lipinski definition) is 7. The normalized spacial score (nSPS) is 20.5. The van der Waals surface area contributed by atoms with Crippen molar-refractivity contribution in [3.63, 3.8) is 0 Å². The third kappa shape index (κ3) is 5.88. The second-order valence-electron chi connectivity index (χ2n) is 11.4. The number of alkyl halides is 1. The lowest BCUT2D eigenvalue weighted by Gasteiger charge is -2.41. The Labute approximate surface area is 269 Å². The lowest BCUT2D eigenvalue weighted by atomic mass is 9.96. The molecule has 2 aliphatic rings. The van der Waals surface area contributed by atoms with Crippen molar-refractivity contribution in [3.05, 3.63) is 71.0 Å². The molecule has 1 amide bonds. The van der Waals surface area contributed by atoms with E-state index in [2.05, 4.69) is 17.6 Å². The zero-order valence-electron chi connectivity index (χ0n) is 24.5. The molecule has 0 saturated carbocycles. The molecule has 12 heteroatoms. The number of likely N-dealkylation sites (tertiary alicyclic amines) is 1. The van der Waals surface area contributed by atoms with E-state index in [1.54, 1.807) is 23.1 Å². The van der Waals surface area contributed by atoms with Gasteiger partial charge in [0.25, 0.3) is 0 Å². The van der Waals surface area contributed by atoms with Crippen LogP contribution >= 0.6 is 23.2 Å². The van der Waals surface area contributed by atoms with Crippen molar-refractivity contribution in [1.29, 1.82) is 5.26 Å². The van der Waals surface area contributed by atoms with Gasteiger partial charge in [0, 0.05) is 53.6 Å². The van der Waals surface area contributed by atoms with Crippen LogP contribution in [0.1, 0.15) is 12.8 Å². The van der Waals surface area contributed by atoms with Crippen LogP contribution in [0.25, 0.3) is 32.8 Å². The summed E-state index contributed by atoms with van der Waals surface area (Å²) >= 11 is 13.4. The lowest BCUT2D eigenvalue weighted by Crippen LogP contribution is -2.55. The molecule has 8 nitrogen and oxygen atoms in total. The average molecular weight is 652 g/mol. The third-order valence-corrected chi connectivity index (χ3v) is 9.19. The average Bonchev–Trinajstić information content (AvgIpc) is 3.36. The number of anilines is 1. The highest BCUT2D eigenvalue weighted by Crippen LogP contribution is 2.43. The standard InChI is InChI=1S/C33H30Cl2F2N6O2/c1-3-27(44)43-13-12-42(17-21(43)10-11-38)32-24-15-26(35)29(23-8-4-6-19-7-5-9-25(34)28(19)23)30(37)31(24)39-33(40-32)45-18-22-14-20(36)16-41(22)2/h3-9,15,20-22H,1,10,12-14,16-18H2,2H3/t20-,21+,22+/m1/s1. The molecule has 3 heterocycles. The van der Waals surface area contributed by atoms with Crippen molar-refractivity contribution in [1.82, 2.24) is 19.8 Å². The van der Waals surface area contributed by atoms with Crippen molar-refractivity contribution in [2.24, 2.45) is 0 Å². The van der Waals surface area contributed by atoms with Gasteiger partial charge in [-0.3, -0.25) is 9.69 Å². The molecule has 3 atom stereocenters. The van der Waals surface area contributed by atoms with Gasteiger partial charge in [-0.1, -0.05) is 60.1 Å². The second-order valence-corrected chi connectivity index (χ2v) is 12.2. The van der Waals surface area contributed by atoms with E-state index in [-0.39, 0.29) is 53.6 Å². The molecule has 0 spiro atoms. The van der Waals surface area contributed by atoms with Gasteiger partial charge in [-0.05, 0) is 42.6 Å². The number of amides is 1. The topological polar surface area (TPSA) is 85.6 Å². The van der Waals surface area contributed by atoms with E-state index < -0.39 is 18.0 Å². The Morgan fingerprint density at radius 3 is 2.64 bits per heavy atom. The maximum Gasteiger partial charge on any atom is 0.319 e. The number of nitriles is 1. The van der Waals surface area contributed by atoms with Crippen LogP contribution in [0, 0.1) is 17.1 Å². The summed E-state index contributed by atoms with van der Waals surface area (Å²) < 4.78 is 36.9. The predicted octanol–water partition coefficient (Wildman–Crippen LogP) is 6.43. The third-order valence-electron chi connectivity index (χ3n) is 8.57. The van der Waals surface area contributed by atoms with Crippen LogP contribution in [0.2, 0.25) is 10.0 Å². The van der Waals surface area contributed by atoms with Crippen LogP contribution in [-0.2, 0) is 4.79 Å². The number of halogens is 4. The smallest absolute Gasteiger partial charge is 0.319 e. The van der Waals surface area contributed by atoms with E-state index >= 15 is 4.39 Å². The molecule has 2 fully saturated rings. The Balaban J connectivity index is 1.49. The number of carbonyl (C=O) groups is 1. The minimum atomic E-state index is -0.960. The van der Waals surface area contributed by atoms with E-state index in [1.807, 2.05) is 41.1 Å². The van der Waals surface area contributed by atoms with Crippen LogP contribution in [0.3, 0.4) is 0 Å². The molecule has 0 radical (unpaired) electrons. The molecule has 2 saturated heterocycles. The maximum absolute atomic E-state index is 16.8. The van der Waals surface area contributed by atoms with E-state index in [4.69, 9.17) is 32.9 Å². The summed E-state index contributed by atoms with van der Waals surface area (Å²) in [6.45, 7) is 4.90. The number of ether oxygens (including phenoxy) is 1. The summed E-state index contributed by atoms with van der Waals surface area (Å²) in [4.78, 5) is 27.1. The number of fused-ring (bicyclic) bond motifs is 2. The van der Waals surface area contributed by atoms with Gasteiger partial charge in [-0.25, -0.2) is 8.78 Å². The minimum Gasteiger partial charge on any atom is -0.462 e. The lowest BCUT2D eigenvalue weighted by molar-refractivity contribution is -0.128. The van der Waals surface area contributed by atoms with Crippen molar-refractivity contribution < 1.29 is 18.3 Å². The molecule has 1 aromatic heterocycles. The van der Waals surface area contributed by atoms with Gasteiger partial charge >= 0.3 is 6.01 Å². The van der Waals surface area contributed by atoms with Crippen LogP contribution in [0.15, 0.2) is 55.1 Å². The second kappa shape index (κ2) is 12.8. The highest BCUT2D eigenvalue weighted by atomic mass is 35.5. The van der Waals surface area contributed by atoms with Crippen LogP contribution in [-0.4, -0.2) is 83.8 Å². The first-order valence-corrected chi connectivity index (χ1v) is 15.3. The SMILES string of the molecule is C=CC(=O)N1CCN(c2nc(OC[C@@H]3C[C@@H](F)CN3C)nc3c(F)c(-c4cccc5cccc(Cl)c45)c(Cl)cc23)C[C@@H]1CC#N. The van der Waals surface area contributed by atoms with Gasteiger partial charge in [0.05, 0.1) is 23.6 Å². The number of aromatic nitrogens is 2. The van der Waals surface area contributed by atoms with Gasteiger partial charge in [-0.15, -0.1) is 0 Å². The Morgan fingerprint density at radius 2 is 1.93 bits per heavy atom. The predicted molar refractivity (Wildman–Crippen MR) is 172 cm³/mol. The molecule has 0 N–H and O–H groups in total. The number of carbonyl (C=O) groups excluding carboxylic acids is 1. The number of likely N-dealkylation sites (N-methyl/N-ethyl adjacent to an activating group) is 1. The molecule has 0 aliphatic carbocycles. The summed E-state index contributed by atoms with van der Waals surface area (Å²) in [5.41, 5.74) is 0.637. The summed E-state index contributed by atoms with van der Waals surface area (Å²) in [5, 5.41) is 11.9. The Morgan fingerprint density at radius 1 is 1.16 bits per heavy atom. The molecule has 4 aromatic rings. The van der Waals surface area contributed by atoms with Crippen LogP contribution in [0.5, 0.6) is 6.01 Å². The fourth-order valence-electron chi connectivity index (χ4n) is 6.33. The van der Waals surface area contributed by atoms with Crippen molar-refractivity contribution >= 4 is 56.6 Å². The molecule has 0 unspecified atom stereocenters. The number of nitrogens with zero attached hydrogens (tertiary/aromatic N) is 6. The van der Waals surface area contributed by atoms with Crippen molar-refractivity contribution in [3.8, 4) is 23.2 Å². The van der Waals surface area contributed by atoms with Crippen LogP contribution in [0.4, 0.5) is 14.6 Å². The molecule has 6 rings (SSSR count). The summed E-state index contributed by atoms with van der Waals surface area (Å²) in [6.07, 6.45) is 0.659. The molecule has 232 valence electrons. The number of hydrogen-bond donors (Lipinski definition) is 0. The summed E-state index contributed by atoms with van der Waals surface area (Å²) in [7, 11) is 1.82. The molecule has 0 bridgehead atoms. The number of rotatable bonds is 7. The number of benzene rings is 3. The molecule has 45 heavy (non-hydrogen) atoms. The van der Waals surface area contributed by atoms with Gasteiger partial charge in [0.2, 0.25) is 5.91 Å². The van der Waals surface area contributed by atoms with E-state index in [1.165, 1.54) is 6.08 Å². The fraction of sp³-hybridized carbons (Fsp3) is 0.333.